The molecule has 0 bridgehead atoms. The lowest BCUT2D eigenvalue weighted by atomic mass is 9.85. The largest absolute Gasteiger partial charge is 0.340 e. The highest BCUT2D eigenvalue weighted by Crippen LogP contribution is 2.42. The number of nitrogens with zero attached hydrogens (tertiary/aromatic N) is 3. The first-order valence-electron chi connectivity index (χ1n) is 9.94. The zero-order chi connectivity index (χ0) is 22.5. The first-order chi connectivity index (χ1) is 14.6. The Hall–Kier alpha value is -3.26. The van der Waals surface area contributed by atoms with Crippen LogP contribution in [0.3, 0.4) is 0 Å². The Kier molecular flexibility index (Phi) is 5.05. The van der Waals surface area contributed by atoms with Crippen molar-refractivity contribution in [3.8, 4) is 11.3 Å². The van der Waals surface area contributed by atoms with Crippen LogP contribution in [0.1, 0.15) is 30.8 Å². The van der Waals surface area contributed by atoms with Gasteiger partial charge < -0.3 is 14.8 Å². The van der Waals surface area contributed by atoms with Gasteiger partial charge in [0.25, 0.3) is 0 Å². The normalized spacial score (nSPS) is 14.6. The van der Waals surface area contributed by atoms with Gasteiger partial charge in [0.15, 0.2) is 10.6 Å². The molecule has 0 radical (unpaired) electrons. The molecule has 4 rings (SSSR count). The summed E-state index contributed by atoms with van der Waals surface area (Å²) < 4.78 is 1.79. The van der Waals surface area contributed by atoms with Gasteiger partial charge in [0.2, 0.25) is 11.8 Å². The summed E-state index contributed by atoms with van der Waals surface area (Å²) in [7, 11) is 1.79. The number of pyridine rings is 1. The third-order valence-corrected chi connectivity index (χ3v) is 6.53. The van der Waals surface area contributed by atoms with Crippen LogP contribution in [0.2, 0.25) is 0 Å². The number of hydrogen-bond donors (Lipinski definition) is 1. The number of aromatic nitrogens is 2. The van der Waals surface area contributed by atoms with Crippen molar-refractivity contribution in [2.24, 2.45) is 0 Å². The van der Waals surface area contributed by atoms with E-state index in [2.05, 4.69) is 10.3 Å². The molecule has 1 N–H and O–H groups in total. The Morgan fingerprint density at radius 1 is 1.13 bits per heavy atom. The van der Waals surface area contributed by atoms with Crippen LogP contribution >= 0.6 is 11.3 Å². The van der Waals surface area contributed by atoms with Crippen LogP contribution in [0, 0.1) is 13.8 Å². The van der Waals surface area contributed by atoms with E-state index in [9.17, 15) is 14.4 Å². The van der Waals surface area contributed by atoms with E-state index in [1.165, 1.54) is 23.5 Å². The number of nitrogens with one attached hydrogen (secondary N) is 1. The van der Waals surface area contributed by atoms with Gasteiger partial charge in [0.1, 0.15) is 6.54 Å². The Labute approximate surface area is 184 Å². The van der Waals surface area contributed by atoms with Crippen LogP contribution in [0.25, 0.3) is 11.3 Å². The number of thiazole rings is 1. The first kappa shape index (κ1) is 21.0. The highest BCUT2D eigenvalue weighted by atomic mass is 32.1. The molecule has 0 aliphatic carbocycles. The summed E-state index contributed by atoms with van der Waals surface area (Å²) in [5.41, 5.74) is 4.35. The number of carbonyl (C=O) groups excluding carboxylic acids is 2. The maximum atomic E-state index is 12.5. The summed E-state index contributed by atoms with van der Waals surface area (Å²) in [6.45, 7) is 7.57. The SMILES string of the molecule is Cc1cc(=O)cc(C)n1CC(=O)Nc1nc(-c2ccc3c(c2)C(C)(C)C(=O)N3C)cs1. The number of benzene rings is 1. The molecule has 2 amide bonds. The lowest BCUT2D eigenvalue weighted by molar-refractivity contribution is -0.121. The summed E-state index contributed by atoms with van der Waals surface area (Å²) in [5.74, 6) is -0.142. The molecule has 1 aliphatic heterocycles. The highest BCUT2D eigenvalue weighted by molar-refractivity contribution is 7.14. The summed E-state index contributed by atoms with van der Waals surface area (Å²) in [4.78, 5) is 42.9. The van der Waals surface area contributed by atoms with Gasteiger partial charge in [-0.3, -0.25) is 14.4 Å². The molecule has 0 saturated heterocycles. The second-order valence-corrected chi connectivity index (χ2v) is 9.23. The molecule has 3 aromatic rings. The molecule has 160 valence electrons. The minimum atomic E-state index is -0.584. The molecule has 31 heavy (non-hydrogen) atoms. The Morgan fingerprint density at radius 3 is 2.48 bits per heavy atom. The molecule has 1 aromatic carbocycles. The van der Waals surface area contributed by atoms with Crippen LogP contribution in [-0.4, -0.2) is 28.4 Å². The Balaban J connectivity index is 1.54. The van der Waals surface area contributed by atoms with Gasteiger partial charge in [-0.15, -0.1) is 11.3 Å². The second-order valence-electron chi connectivity index (χ2n) is 8.37. The van der Waals surface area contributed by atoms with Crippen molar-refractivity contribution in [2.45, 2.75) is 39.7 Å². The van der Waals surface area contributed by atoms with E-state index in [-0.39, 0.29) is 23.8 Å². The fraction of sp³-hybridized carbons (Fsp3) is 0.304. The van der Waals surface area contributed by atoms with Crippen molar-refractivity contribution in [3.05, 3.63) is 62.9 Å². The predicted molar refractivity (Wildman–Crippen MR) is 123 cm³/mol. The lowest BCUT2D eigenvalue weighted by Crippen LogP contribution is -2.33. The standard InChI is InChI=1S/C23H24N4O3S/c1-13-8-16(28)9-14(2)27(13)11-20(29)25-22-24-18(12-31-22)15-6-7-19-17(10-15)23(3,4)21(30)26(19)5/h6-10,12H,11H2,1-5H3,(H,24,25,29). The quantitative estimate of drug-likeness (QED) is 0.679. The van der Waals surface area contributed by atoms with Crippen LogP contribution in [-0.2, 0) is 21.5 Å². The monoisotopic (exact) mass is 436 g/mol. The van der Waals surface area contributed by atoms with E-state index in [0.717, 1.165) is 33.9 Å². The molecule has 0 saturated carbocycles. The van der Waals surface area contributed by atoms with Crippen molar-refractivity contribution < 1.29 is 9.59 Å². The number of likely N-dealkylation sites (N-methyl/N-ethyl adjacent to an activating group) is 1. The third kappa shape index (κ3) is 3.67. The molecule has 0 atom stereocenters. The summed E-state index contributed by atoms with van der Waals surface area (Å²) in [6.07, 6.45) is 0. The molecule has 0 unspecified atom stereocenters. The molecule has 7 nitrogen and oxygen atoms in total. The molecular weight excluding hydrogens is 412 g/mol. The minimum absolute atomic E-state index is 0.0679. The highest BCUT2D eigenvalue weighted by Gasteiger charge is 2.42. The Morgan fingerprint density at radius 2 is 1.81 bits per heavy atom. The number of carbonyl (C=O) groups is 2. The smallest absolute Gasteiger partial charge is 0.246 e. The van der Waals surface area contributed by atoms with Crippen LogP contribution < -0.4 is 15.6 Å². The average molecular weight is 437 g/mol. The van der Waals surface area contributed by atoms with Gasteiger partial charge in [-0.2, -0.15) is 0 Å². The predicted octanol–water partition coefficient (Wildman–Crippen LogP) is 3.48. The molecule has 3 heterocycles. The number of anilines is 2. The van der Waals surface area contributed by atoms with E-state index in [0.29, 0.717) is 5.13 Å². The summed E-state index contributed by atoms with van der Waals surface area (Å²) >= 11 is 1.35. The van der Waals surface area contributed by atoms with Crippen molar-refractivity contribution in [1.29, 1.82) is 0 Å². The Bertz CT molecular complexity index is 1250. The van der Waals surface area contributed by atoms with Gasteiger partial charge in [-0.1, -0.05) is 6.07 Å². The molecule has 1 aliphatic rings. The molecule has 0 spiro atoms. The third-order valence-electron chi connectivity index (χ3n) is 5.77. The molecule has 0 fully saturated rings. The van der Waals surface area contributed by atoms with Gasteiger partial charge in [0, 0.05) is 47.2 Å². The first-order valence-corrected chi connectivity index (χ1v) is 10.8. The van der Waals surface area contributed by atoms with Gasteiger partial charge in [-0.25, -0.2) is 4.98 Å². The minimum Gasteiger partial charge on any atom is -0.340 e. The summed E-state index contributed by atoms with van der Waals surface area (Å²) in [6, 6.07) is 8.91. The number of amides is 2. The van der Waals surface area contributed by atoms with Crippen molar-refractivity contribution in [2.75, 3.05) is 17.3 Å². The van der Waals surface area contributed by atoms with Crippen LogP contribution in [0.5, 0.6) is 0 Å². The molecule has 8 heteroatoms. The number of aryl methyl sites for hydroxylation is 2. The number of rotatable bonds is 4. The average Bonchev–Trinajstić information content (AvgIpc) is 3.23. The topological polar surface area (TPSA) is 84.3 Å². The number of hydrogen-bond acceptors (Lipinski definition) is 5. The fourth-order valence-electron chi connectivity index (χ4n) is 4.04. The second kappa shape index (κ2) is 7.46. The molecule has 2 aromatic heterocycles. The van der Waals surface area contributed by atoms with Gasteiger partial charge >= 0.3 is 0 Å². The maximum Gasteiger partial charge on any atom is 0.246 e. The van der Waals surface area contributed by atoms with Crippen LogP contribution in [0.4, 0.5) is 10.8 Å². The zero-order valence-electron chi connectivity index (χ0n) is 18.1. The van der Waals surface area contributed by atoms with Crippen LogP contribution in [0.15, 0.2) is 40.5 Å². The summed E-state index contributed by atoms with van der Waals surface area (Å²) in [5, 5.41) is 5.23. The van der Waals surface area contributed by atoms with Gasteiger partial charge in [-0.05, 0) is 45.4 Å². The van der Waals surface area contributed by atoms with E-state index in [1.54, 1.807) is 30.4 Å². The number of fused-ring (bicyclic) bond motifs is 1. The van der Waals surface area contributed by atoms with Gasteiger partial charge in [0.05, 0.1) is 11.1 Å². The van der Waals surface area contributed by atoms with E-state index in [4.69, 9.17) is 0 Å². The van der Waals surface area contributed by atoms with Crippen molar-refractivity contribution in [3.63, 3.8) is 0 Å². The molecular formula is C23H24N4O3S. The lowest BCUT2D eigenvalue weighted by Gasteiger charge is -2.16. The zero-order valence-corrected chi connectivity index (χ0v) is 19.0. The van der Waals surface area contributed by atoms with Crippen molar-refractivity contribution >= 4 is 34.0 Å². The van der Waals surface area contributed by atoms with E-state index >= 15 is 0 Å². The fourth-order valence-corrected chi connectivity index (χ4v) is 4.77. The van der Waals surface area contributed by atoms with E-state index < -0.39 is 5.41 Å². The maximum absolute atomic E-state index is 12.5. The van der Waals surface area contributed by atoms with E-state index in [1.807, 2.05) is 37.4 Å². The van der Waals surface area contributed by atoms with Crippen molar-refractivity contribution in [1.82, 2.24) is 9.55 Å².